The molecule has 0 aliphatic carbocycles. The lowest BCUT2D eigenvalue weighted by molar-refractivity contribution is -0.119. The van der Waals surface area contributed by atoms with Crippen LogP contribution >= 0.6 is 11.6 Å². The molecule has 0 spiro atoms. The van der Waals surface area contributed by atoms with Crippen molar-refractivity contribution in [2.24, 2.45) is 0 Å². The Morgan fingerprint density at radius 3 is 2.80 bits per heavy atom. The van der Waals surface area contributed by atoms with Crippen LogP contribution in [0.2, 0.25) is 5.15 Å². The number of nitrogens with zero attached hydrogens (tertiary/aromatic N) is 3. The van der Waals surface area contributed by atoms with E-state index in [-0.39, 0.29) is 19.1 Å². The van der Waals surface area contributed by atoms with Crippen molar-refractivity contribution in [3.63, 3.8) is 0 Å². The number of likely N-dealkylation sites (N-methyl/N-ethyl adjacent to an activating group) is 1. The zero-order chi connectivity index (χ0) is 15.0. The first-order chi connectivity index (χ1) is 9.56. The molecule has 0 atom stereocenters. The number of methoxy groups -OCH3 is 2. The van der Waals surface area contributed by atoms with E-state index in [1.54, 1.807) is 32.2 Å². The zero-order valence-electron chi connectivity index (χ0n) is 11.9. The Bertz CT molecular complexity index is 445. The van der Waals surface area contributed by atoms with Gasteiger partial charge < -0.3 is 19.7 Å². The molecular weight excluding hydrogens is 284 g/mol. The second-order valence-corrected chi connectivity index (χ2v) is 4.48. The van der Waals surface area contributed by atoms with Gasteiger partial charge in [0.1, 0.15) is 17.6 Å². The number of rotatable bonds is 8. The Morgan fingerprint density at radius 2 is 2.15 bits per heavy atom. The van der Waals surface area contributed by atoms with Crippen molar-refractivity contribution in [1.82, 2.24) is 15.3 Å². The molecule has 0 unspecified atom stereocenters. The summed E-state index contributed by atoms with van der Waals surface area (Å²) in [5.41, 5.74) is 0. The normalized spacial score (nSPS) is 10.4. The van der Waals surface area contributed by atoms with Gasteiger partial charge in [-0.05, 0) is 0 Å². The minimum Gasteiger partial charge on any atom is -0.383 e. The van der Waals surface area contributed by atoms with E-state index in [0.29, 0.717) is 29.9 Å². The standard InChI is InChI=1S/C12H19ClN4O3/c1-17(7-12(18)14-4-5-19-2)11-6-9(13)15-10(16-11)8-20-3/h6H,4-5,7-8H2,1-3H3,(H,14,18). The number of ether oxygens (including phenoxy) is 2. The van der Waals surface area contributed by atoms with Crippen LogP contribution in [-0.4, -0.2) is 56.8 Å². The van der Waals surface area contributed by atoms with Gasteiger partial charge in [-0.2, -0.15) is 0 Å². The molecule has 1 heterocycles. The van der Waals surface area contributed by atoms with Crippen molar-refractivity contribution >= 4 is 23.3 Å². The van der Waals surface area contributed by atoms with Gasteiger partial charge in [-0.15, -0.1) is 0 Å². The van der Waals surface area contributed by atoms with Gasteiger partial charge in [-0.1, -0.05) is 11.6 Å². The fourth-order valence-electron chi connectivity index (χ4n) is 1.49. The number of halogens is 1. The van der Waals surface area contributed by atoms with Crippen molar-refractivity contribution < 1.29 is 14.3 Å². The maximum Gasteiger partial charge on any atom is 0.239 e. The van der Waals surface area contributed by atoms with E-state index >= 15 is 0 Å². The Balaban J connectivity index is 2.62. The summed E-state index contributed by atoms with van der Waals surface area (Å²) in [6.07, 6.45) is 0. The smallest absolute Gasteiger partial charge is 0.239 e. The molecule has 7 nitrogen and oxygen atoms in total. The van der Waals surface area contributed by atoms with Crippen molar-refractivity contribution in [3.05, 3.63) is 17.0 Å². The molecular formula is C12H19ClN4O3. The number of amides is 1. The summed E-state index contributed by atoms with van der Waals surface area (Å²) in [4.78, 5) is 21.7. The average Bonchev–Trinajstić information content (AvgIpc) is 2.38. The summed E-state index contributed by atoms with van der Waals surface area (Å²) < 4.78 is 9.83. The van der Waals surface area contributed by atoms with Crippen LogP contribution in [-0.2, 0) is 20.9 Å². The van der Waals surface area contributed by atoms with E-state index in [1.807, 2.05) is 0 Å². The zero-order valence-corrected chi connectivity index (χ0v) is 12.6. The van der Waals surface area contributed by atoms with Gasteiger partial charge in [0.25, 0.3) is 0 Å². The summed E-state index contributed by atoms with van der Waals surface area (Å²) in [7, 11) is 4.89. The molecule has 8 heteroatoms. The second-order valence-electron chi connectivity index (χ2n) is 4.10. The summed E-state index contributed by atoms with van der Waals surface area (Å²) in [5, 5.41) is 3.05. The molecule has 1 amide bonds. The molecule has 0 saturated heterocycles. The largest absolute Gasteiger partial charge is 0.383 e. The van der Waals surface area contributed by atoms with Crippen LogP contribution in [0.4, 0.5) is 5.82 Å². The van der Waals surface area contributed by atoms with Gasteiger partial charge in [0, 0.05) is 33.9 Å². The molecule has 1 aromatic rings. The Labute approximate surface area is 123 Å². The first kappa shape index (κ1) is 16.6. The number of hydrogen-bond donors (Lipinski definition) is 1. The third kappa shape index (κ3) is 5.68. The quantitative estimate of drug-likeness (QED) is 0.556. The molecule has 1 rings (SSSR count). The van der Waals surface area contributed by atoms with Gasteiger partial charge in [0.2, 0.25) is 5.91 Å². The molecule has 1 aromatic heterocycles. The molecule has 0 aliphatic rings. The monoisotopic (exact) mass is 302 g/mol. The van der Waals surface area contributed by atoms with Gasteiger partial charge in [0.15, 0.2) is 5.82 Å². The molecule has 0 radical (unpaired) electrons. The van der Waals surface area contributed by atoms with Crippen molar-refractivity contribution in [2.45, 2.75) is 6.61 Å². The highest BCUT2D eigenvalue weighted by Crippen LogP contribution is 2.15. The van der Waals surface area contributed by atoms with Crippen molar-refractivity contribution in [2.75, 3.05) is 45.9 Å². The highest BCUT2D eigenvalue weighted by atomic mass is 35.5. The first-order valence-corrected chi connectivity index (χ1v) is 6.43. The lowest BCUT2D eigenvalue weighted by Gasteiger charge is -2.18. The molecule has 20 heavy (non-hydrogen) atoms. The topological polar surface area (TPSA) is 76.6 Å². The maximum atomic E-state index is 11.7. The van der Waals surface area contributed by atoms with Crippen LogP contribution in [0.5, 0.6) is 0 Å². The highest BCUT2D eigenvalue weighted by molar-refractivity contribution is 6.29. The predicted molar refractivity (Wildman–Crippen MR) is 75.9 cm³/mol. The second kappa shape index (κ2) is 8.68. The van der Waals surface area contributed by atoms with Crippen LogP contribution in [0.3, 0.4) is 0 Å². The van der Waals surface area contributed by atoms with Crippen molar-refractivity contribution in [3.8, 4) is 0 Å². The lowest BCUT2D eigenvalue weighted by atomic mass is 10.4. The van der Waals surface area contributed by atoms with Gasteiger partial charge >= 0.3 is 0 Å². The van der Waals surface area contributed by atoms with Crippen LogP contribution in [0, 0.1) is 0 Å². The minimum atomic E-state index is -0.118. The fourth-order valence-corrected chi connectivity index (χ4v) is 1.68. The van der Waals surface area contributed by atoms with E-state index < -0.39 is 0 Å². The summed E-state index contributed by atoms with van der Waals surface area (Å²) >= 11 is 5.92. The Hall–Kier alpha value is -1.44. The van der Waals surface area contributed by atoms with Gasteiger partial charge in [-0.3, -0.25) is 4.79 Å². The number of aromatic nitrogens is 2. The number of nitrogens with one attached hydrogen (secondary N) is 1. The molecule has 0 aromatic carbocycles. The van der Waals surface area contributed by atoms with Gasteiger partial charge in [-0.25, -0.2) is 9.97 Å². The third-order valence-corrected chi connectivity index (χ3v) is 2.59. The molecule has 112 valence electrons. The highest BCUT2D eigenvalue weighted by Gasteiger charge is 2.11. The minimum absolute atomic E-state index is 0.118. The average molecular weight is 303 g/mol. The molecule has 0 bridgehead atoms. The van der Waals surface area contributed by atoms with Crippen LogP contribution in [0.25, 0.3) is 0 Å². The van der Waals surface area contributed by atoms with E-state index in [4.69, 9.17) is 21.1 Å². The molecule has 0 fully saturated rings. The van der Waals surface area contributed by atoms with Gasteiger partial charge in [0.05, 0.1) is 13.2 Å². The van der Waals surface area contributed by atoms with Crippen LogP contribution in [0.15, 0.2) is 6.07 Å². The SMILES string of the molecule is COCCNC(=O)CN(C)c1cc(Cl)nc(COC)n1. The third-order valence-electron chi connectivity index (χ3n) is 2.40. The van der Waals surface area contributed by atoms with Crippen molar-refractivity contribution in [1.29, 1.82) is 0 Å². The Kier molecular flexibility index (Phi) is 7.21. The predicted octanol–water partition coefficient (Wildman–Crippen LogP) is 0.475. The summed E-state index contributed by atoms with van der Waals surface area (Å²) in [5.74, 6) is 0.924. The van der Waals surface area contributed by atoms with E-state index in [0.717, 1.165) is 0 Å². The summed E-state index contributed by atoms with van der Waals surface area (Å²) in [6.45, 7) is 1.39. The van der Waals surface area contributed by atoms with E-state index in [2.05, 4.69) is 15.3 Å². The fraction of sp³-hybridized carbons (Fsp3) is 0.583. The summed E-state index contributed by atoms with van der Waals surface area (Å²) in [6, 6.07) is 1.60. The van der Waals surface area contributed by atoms with Crippen LogP contribution in [0.1, 0.15) is 5.82 Å². The maximum absolute atomic E-state index is 11.7. The Morgan fingerprint density at radius 1 is 1.40 bits per heavy atom. The van der Waals surface area contributed by atoms with E-state index in [1.165, 1.54) is 0 Å². The molecule has 1 N–H and O–H groups in total. The number of carbonyl (C=O) groups is 1. The first-order valence-electron chi connectivity index (χ1n) is 6.06. The number of anilines is 1. The van der Waals surface area contributed by atoms with E-state index in [9.17, 15) is 4.79 Å². The molecule has 0 aliphatic heterocycles. The molecule has 0 saturated carbocycles. The lowest BCUT2D eigenvalue weighted by Crippen LogP contribution is -2.37. The number of carbonyl (C=O) groups excluding carboxylic acids is 1. The number of hydrogen-bond acceptors (Lipinski definition) is 6. The van der Waals surface area contributed by atoms with Crippen LogP contribution < -0.4 is 10.2 Å².